The molecule has 0 saturated heterocycles. The topological polar surface area (TPSA) is 35.5 Å². The highest BCUT2D eigenvalue weighted by molar-refractivity contribution is 7.81. The van der Waals surface area contributed by atoms with Crippen LogP contribution in [0.25, 0.3) is 0 Å². The van der Waals surface area contributed by atoms with Gasteiger partial charge in [0.2, 0.25) is 11.1 Å². The van der Waals surface area contributed by atoms with Gasteiger partial charge in [-0.05, 0) is 48.1 Å². The lowest BCUT2D eigenvalue weighted by Gasteiger charge is -2.24. The van der Waals surface area contributed by atoms with Gasteiger partial charge in [0.15, 0.2) is 0 Å². The Morgan fingerprint density at radius 1 is 1.14 bits per heavy atom. The van der Waals surface area contributed by atoms with Crippen molar-refractivity contribution in [2.75, 3.05) is 0 Å². The van der Waals surface area contributed by atoms with Crippen LogP contribution in [-0.2, 0) is 20.0 Å². The van der Waals surface area contributed by atoms with Crippen molar-refractivity contribution in [1.82, 2.24) is 0 Å². The molecule has 3 nitrogen and oxygen atoms in total. The van der Waals surface area contributed by atoms with Gasteiger partial charge in [0.25, 0.3) is 5.95 Å². The fourth-order valence-electron chi connectivity index (χ4n) is 0.568. The number of rotatable bonds is 3. The first-order valence-electron chi connectivity index (χ1n) is 4.50. The van der Waals surface area contributed by atoms with Crippen molar-refractivity contribution >= 4 is 11.1 Å². The predicted molar refractivity (Wildman–Crippen MR) is 59.0 cm³/mol. The largest absolute Gasteiger partial charge is 0.459 e. The summed E-state index contributed by atoms with van der Waals surface area (Å²) in [6, 6.07) is 0. The van der Waals surface area contributed by atoms with Crippen molar-refractivity contribution in [1.29, 1.82) is 0 Å². The summed E-state index contributed by atoms with van der Waals surface area (Å²) in [5, 5.41) is 0. The van der Waals surface area contributed by atoms with E-state index in [1.807, 2.05) is 41.5 Å². The molecular formula is C10H20O3S. The Morgan fingerprint density at radius 2 is 1.57 bits per heavy atom. The molecule has 84 valence electrons. The van der Waals surface area contributed by atoms with Crippen LogP contribution in [0.1, 0.15) is 41.5 Å². The van der Waals surface area contributed by atoms with E-state index in [1.165, 1.54) is 0 Å². The van der Waals surface area contributed by atoms with E-state index < -0.39 is 15.8 Å². The summed E-state index contributed by atoms with van der Waals surface area (Å²) in [5.74, 6) is 0.103. The molecule has 1 atom stereocenters. The molecule has 0 N–H and O–H groups in total. The molecule has 0 fully saturated rings. The summed E-state index contributed by atoms with van der Waals surface area (Å²) in [4.78, 5) is 0. The zero-order valence-corrected chi connectivity index (χ0v) is 10.7. The highest BCUT2D eigenvalue weighted by atomic mass is 32.2. The monoisotopic (exact) mass is 220 g/mol. The van der Waals surface area contributed by atoms with Crippen LogP contribution in [0.3, 0.4) is 0 Å². The molecule has 14 heavy (non-hydrogen) atoms. The van der Waals surface area contributed by atoms with Crippen LogP contribution < -0.4 is 0 Å². The third kappa shape index (κ3) is 6.02. The Hall–Kier alpha value is -0.510. The van der Waals surface area contributed by atoms with Crippen molar-refractivity contribution in [2.45, 2.75) is 51.9 Å². The molecular weight excluding hydrogens is 200 g/mol. The first-order chi connectivity index (χ1) is 6.02. The Bertz CT molecular complexity index is 233. The fraction of sp³-hybridized carbons (Fsp3) is 0.800. The second-order valence-corrected chi connectivity index (χ2v) is 6.88. The van der Waals surface area contributed by atoms with Gasteiger partial charge in [-0.2, -0.15) is 0 Å². The third-order valence-corrected chi connectivity index (χ3v) is 2.43. The SMILES string of the molecule is C=C(OS(=O)C(C)(C)C)OC(C)(C)C. The van der Waals surface area contributed by atoms with Crippen LogP contribution in [0.15, 0.2) is 12.5 Å². The molecule has 0 bridgehead atoms. The first kappa shape index (κ1) is 13.5. The van der Waals surface area contributed by atoms with Gasteiger partial charge >= 0.3 is 0 Å². The molecule has 0 heterocycles. The van der Waals surface area contributed by atoms with Gasteiger partial charge in [0, 0.05) is 0 Å². The van der Waals surface area contributed by atoms with Crippen LogP contribution in [0.2, 0.25) is 0 Å². The number of ether oxygens (including phenoxy) is 1. The number of hydrogen-bond acceptors (Lipinski definition) is 3. The van der Waals surface area contributed by atoms with Gasteiger partial charge in [0.1, 0.15) is 5.60 Å². The van der Waals surface area contributed by atoms with E-state index in [4.69, 9.17) is 8.92 Å². The fourth-order valence-corrected chi connectivity index (χ4v) is 1.02. The van der Waals surface area contributed by atoms with Gasteiger partial charge in [-0.3, -0.25) is 0 Å². The van der Waals surface area contributed by atoms with E-state index >= 15 is 0 Å². The molecule has 1 unspecified atom stereocenters. The average Bonchev–Trinajstić information content (AvgIpc) is 1.79. The van der Waals surface area contributed by atoms with Gasteiger partial charge < -0.3 is 8.92 Å². The lowest BCUT2D eigenvalue weighted by molar-refractivity contribution is -0.00104. The maximum atomic E-state index is 11.5. The minimum absolute atomic E-state index is 0.103. The highest BCUT2D eigenvalue weighted by Gasteiger charge is 2.24. The zero-order chi connectivity index (χ0) is 11.6. The summed E-state index contributed by atoms with van der Waals surface area (Å²) in [6.07, 6.45) is 0. The lowest BCUT2D eigenvalue weighted by Crippen LogP contribution is -2.26. The third-order valence-electron chi connectivity index (χ3n) is 1.09. The Kier molecular flexibility index (Phi) is 4.18. The lowest BCUT2D eigenvalue weighted by atomic mass is 10.2. The van der Waals surface area contributed by atoms with E-state index in [0.717, 1.165) is 0 Å². The molecule has 0 amide bonds. The summed E-state index contributed by atoms with van der Waals surface area (Å²) in [5.41, 5.74) is -0.376. The van der Waals surface area contributed by atoms with Gasteiger partial charge in [0.05, 0.1) is 4.75 Å². The quantitative estimate of drug-likeness (QED) is 0.686. The number of hydrogen-bond donors (Lipinski definition) is 0. The summed E-state index contributed by atoms with van der Waals surface area (Å²) < 4.78 is 21.4. The summed E-state index contributed by atoms with van der Waals surface area (Å²) >= 11 is -1.43. The van der Waals surface area contributed by atoms with E-state index in [1.54, 1.807) is 0 Å². The molecule has 4 heteroatoms. The van der Waals surface area contributed by atoms with Gasteiger partial charge in [-0.25, -0.2) is 4.21 Å². The maximum Gasteiger partial charge on any atom is 0.287 e. The molecule has 0 aliphatic carbocycles. The van der Waals surface area contributed by atoms with Crippen molar-refractivity contribution in [3.63, 3.8) is 0 Å². The predicted octanol–water partition coefficient (Wildman–Crippen LogP) is 2.75. The Morgan fingerprint density at radius 3 is 1.86 bits per heavy atom. The van der Waals surface area contributed by atoms with Crippen molar-refractivity contribution < 1.29 is 13.1 Å². The smallest absolute Gasteiger partial charge is 0.287 e. The van der Waals surface area contributed by atoms with Gasteiger partial charge in [-0.15, -0.1) is 0 Å². The van der Waals surface area contributed by atoms with Gasteiger partial charge in [-0.1, -0.05) is 0 Å². The average molecular weight is 220 g/mol. The second-order valence-electron chi connectivity index (χ2n) is 5.02. The summed E-state index contributed by atoms with van der Waals surface area (Å²) in [6.45, 7) is 14.7. The minimum Gasteiger partial charge on any atom is -0.459 e. The molecule has 0 radical (unpaired) electrons. The van der Waals surface area contributed by atoms with Crippen molar-refractivity contribution in [3.05, 3.63) is 12.5 Å². The standard InChI is InChI=1S/C10H20O3S/c1-8(12-9(2,3)4)13-14(11)10(5,6)7/h1H2,2-7H3. The molecule has 0 aliphatic heterocycles. The molecule has 0 spiro atoms. The van der Waals surface area contributed by atoms with E-state index in [0.29, 0.717) is 0 Å². The van der Waals surface area contributed by atoms with Crippen LogP contribution in [-0.4, -0.2) is 14.6 Å². The van der Waals surface area contributed by atoms with Crippen molar-refractivity contribution in [2.24, 2.45) is 0 Å². The Labute approximate surface area is 89.1 Å². The van der Waals surface area contributed by atoms with Crippen LogP contribution in [0.4, 0.5) is 0 Å². The summed E-state index contributed by atoms with van der Waals surface area (Å²) in [7, 11) is 0. The first-order valence-corrected chi connectivity index (χ1v) is 5.58. The molecule has 0 rings (SSSR count). The Balaban J connectivity index is 4.16. The zero-order valence-electron chi connectivity index (χ0n) is 9.84. The molecule has 0 aliphatic rings. The molecule has 0 aromatic carbocycles. The maximum absolute atomic E-state index is 11.5. The van der Waals surface area contributed by atoms with E-state index in [9.17, 15) is 4.21 Å². The van der Waals surface area contributed by atoms with E-state index in [-0.39, 0.29) is 11.5 Å². The highest BCUT2D eigenvalue weighted by Crippen LogP contribution is 2.19. The van der Waals surface area contributed by atoms with Crippen LogP contribution in [0.5, 0.6) is 0 Å². The molecule has 0 aromatic heterocycles. The van der Waals surface area contributed by atoms with E-state index in [2.05, 4.69) is 6.58 Å². The second kappa shape index (κ2) is 4.34. The van der Waals surface area contributed by atoms with Crippen LogP contribution in [0, 0.1) is 0 Å². The van der Waals surface area contributed by atoms with Crippen LogP contribution >= 0.6 is 0 Å². The molecule has 0 aromatic rings. The normalized spacial score (nSPS) is 14.7. The molecule has 0 saturated carbocycles. The minimum atomic E-state index is -1.43. The van der Waals surface area contributed by atoms with Crippen molar-refractivity contribution in [3.8, 4) is 0 Å².